The Hall–Kier alpha value is -0.560. The number of hydrogen-bond donors (Lipinski definition) is 0. The SMILES string of the molecule is CC=Cc1ccc(CBr)cc1. The molecule has 0 heterocycles. The zero-order valence-corrected chi connectivity index (χ0v) is 8.14. The van der Waals surface area contributed by atoms with Crippen molar-refractivity contribution in [2.24, 2.45) is 0 Å². The summed E-state index contributed by atoms with van der Waals surface area (Å²) >= 11 is 3.40. The molecule has 0 bridgehead atoms. The van der Waals surface area contributed by atoms with Crippen molar-refractivity contribution in [1.82, 2.24) is 0 Å². The molecule has 0 fully saturated rings. The molecule has 0 nitrogen and oxygen atoms in total. The van der Waals surface area contributed by atoms with Gasteiger partial charge in [-0.1, -0.05) is 52.3 Å². The topological polar surface area (TPSA) is 0 Å². The molecule has 0 amide bonds. The van der Waals surface area contributed by atoms with E-state index in [1.807, 2.05) is 13.0 Å². The van der Waals surface area contributed by atoms with Crippen molar-refractivity contribution < 1.29 is 0 Å². The molecule has 0 spiro atoms. The Kier molecular flexibility index (Phi) is 3.37. The predicted molar refractivity (Wildman–Crippen MR) is 53.8 cm³/mol. The van der Waals surface area contributed by atoms with Gasteiger partial charge in [0.25, 0.3) is 0 Å². The number of allylic oxidation sites excluding steroid dienone is 1. The highest BCUT2D eigenvalue weighted by Gasteiger charge is 1.87. The summed E-state index contributed by atoms with van der Waals surface area (Å²) in [5.41, 5.74) is 2.58. The molecule has 0 saturated heterocycles. The molecule has 0 aromatic heterocycles. The largest absolute Gasteiger partial charge is 0.0876 e. The Labute approximate surface area is 76.1 Å². The van der Waals surface area contributed by atoms with Gasteiger partial charge in [0, 0.05) is 5.33 Å². The molecule has 0 saturated carbocycles. The zero-order chi connectivity index (χ0) is 8.10. The van der Waals surface area contributed by atoms with Crippen molar-refractivity contribution in [1.29, 1.82) is 0 Å². The molecule has 0 N–H and O–H groups in total. The number of alkyl halides is 1. The van der Waals surface area contributed by atoms with Gasteiger partial charge in [0.1, 0.15) is 0 Å². The van der Waals surface area contributed by atoms with E-state index in [9.17, 15) is 0 Å². The van der Waals surface area contributed by atoms with Gasteiger partial charge in [-0.3, -0.25) is 0 Å². The summed E-state index contributed by atoms with van der Waals surface area (Å²) in [6, 6.07) is 8.50. The third kappa shape index (κ3) is 2.51. The number of rotatable bonds is 2. The lowest BCUT2D eigenvalue weighted by Crippen LogP contribution is -1.76. The van der Waals surface area contributed by atoms with Crippen LogP contribution in [0.15, 0.2) is 30.3 Å². The third-order valence-corrected chi connectivity index (χ3v) is 2.14. The molecule has 58 valence electrons. The first-order valence-corrected chi connectivity index (χ1v) is 4.76. The van der Waals surface area contributed by atoms with E-state index >= 15 is 0 Å². The highest BCUT2D eigenvalue weighted by atomic mass is 79.9. The normalized spacial score (nSPS) is 10.7. The van der Waals surface area contributed by atoms with Crippen LogP contribution in [0.2, 0.25) is 0 Å². The quantitative estimate of drug-likeness (QED) is 0.655. The van der Waals surface area contributed by atoms with Gasteiger partial charge in [-0.2, -0.15) is 0 Å². The van der Waals surface area contributed by atoms with Crippen molar-refractivity contribution in [2.45, 2.75) is 12.3 Å². The van der Waals surface area contributed by atoms with Gasteiger partial charge < -0.3 is 0 Å². The van der Waals surface area contributed by atoms with Gasteiger partial charge in [-0.15, -0.1) is 0 Å². The van der Waals surface area contributed by atoms with Crippen LogP contribution in [0.3, 0.4) is 0 Å². The molecule has 11 heavy (non-hydrogen) atoms. The average Bonchev–Trinajstić information content (AvgIpc) is 2.07. The molecule has 1 aromatic carbocycles. The molecule has 0 radical (unpaired) electrons. The van der Waals surface area contributed by atoms with Gasteiger partial charge in [-0.05, 0) is 18.1 Å². The van der Waals surface area contributed by atoms with Crippen LogP contribution in [0.1, 0.15) is 18.1 Å². The first-order valence-electron chi connectivity index (χ1n) is 3.64. The van der Waals surface area contributed by atoms with E-state index in [1.165, 1.54) is 11.1 Å². The van der Waals surface area contributed by atoms with Crippen LogP contribution in [0, 0.1) is 0 Å². The summed E-state index contributed by atoms with van der Waals surface area (Å²) in [7, 11) is 0. The Morgan fingerprint density at radius 2 is 1.91 bits per heavy atom. The van der Waals surface area contributed by atoms with E-state index < -0.39 is 0 Å². The monoisotopic (exact) mass is 210 g/mol. The minimum atomic E-state index is 0.934. The molecular weight excluding hydrogens is 200 g/mol. The standard InChI is InChI=1S/C10H11Br/c1-2-3-9-4-6-10(8-11)7-5-9/h2-7H,8H2,1H3. The summed E-state index contributed by atoms with van der Waals surface area (Å²) in [6.45, 7) is 2.03. The van der Waals surface area contributed by atoms with Gasteiger partial charge in [0.05, 0.1) is 0 Å². The van der Waals surface area contributed by atoms with Gasteiger partial charge in [0.2, 0.25) is 0 Å². The lowest BCUT2D eigenvalue weighted by atomic mass is 10.1. The van der Waals surface area contributed by atoms with Crippen molar-refractivity contribution in [3.8, 4) is 0 Å². The van der Waals surface area contributed by atoms with Crippen LogP contribution in [0.4, 0.5) is 0 Å². The maximum Gasteiger partial charge on any atom is 0.0283 e. The van der Waals surface area contributed by atoms with E-state index in [0.29, 0.717) is 0 Å². The summed E-state index contributed by atoms with van der Waals surface area (Å²) in [6.07, 6.45) is 4.14. The van der Waals surface area contributed by atoms with E-state index in [1.54, 1.807) is 0 Å². The van der Waals surface area contributed by atoms with Crippen LogP contribution in [0.25, 0.3) is 6.08 Å². The molecule has 0 atom stereocenters. The predicted octanol–water partition coefficient (Wildman–Crippen LogP) is 3.61. The van der Waals surface area contributed by atoms with Crippen LogP contribution < -0.4 is 0 Å². The van der Waals surface area contributed by atoms with E-state index in [2.05, 4.69) is 46.3 Å². The third-order valence-electron chi connectivity index (χ3n) is 1.49. The molecular formula is C10H11Br. The summed E-state index contributed by atoms with van der Waals surface area (Å²) < 4.78 is 0. The van der Waals surface area contributed by atoms with Crippen LogP contribution in [-0.4, -0.2) is 0 Å². The minimum Gasteiger partial charge on any atom is -0.0876 e. The van der Waals surface area contributed by atoms with Crippen LogP contribution in [0.5, 0.6) is 0 Å². The Bertz CT molecular complexity index is 234. The van der Waals surface area contributed by atoms with Crippen LogP contribution in [-0.2, 0) is 5.33 Å². The van der Waals surface area contributed by atoms with Crippen LogP contribution >= 0.6 is 15.9 Å². The molecule has 1 heteroatoms. The maximum atomic E-state index is 3.40. The van der Waals surface area contributed by atoms with E-state index in [0.717, 1.165) is 5.33 Å². The fourth-order valence-corrected chi connectivity index (χ4v) is 1.28. The highest BCUT2D eigenvalue weighted by Crippen LogP contribution is 2.08. The minimum absolute atomic E-state index is 0.934. The first kappa shape index (κ1) is 8.54. The zero-order valence-electron chi connectivity index (χ0n) is 6.55. The Balaban J connectivity index is 2.82. The molecule has 0 aliphatic rings. The average molecular weight is 211 g/mol. The molecule has 1 rings (SSSR count). The smallest absolute Gasteiger partial charge is 0.0283 e. The second kappa shape index (κ2) is 4.35. The summed E-state index contributed by atoms with van der Waals surface area (Å²) in [5, 5.41) is 0.934. The van der Waals surface area contributed by atoms with Gasteiger partial charge in [0.15, 0.2) is 0 Å². The summed E-state index contributed by atoms with van der Waals surface area (Å²) in [5.74, 6) is 0. The fraction of sp³-hybridized carbons (Fsp3) is 0.200. The van der Waals surface area contributed by atoms with Crippen molar-refractivity contribution in [3.63, 3.8) is 0 Å². The lowest BCUT2D eigenvalue weighted by Gasteiger charge is -1.95. The molecule has 0 unspecified atom stereocenters. The molecule has 0 aliphatic carbocycles. The molecule has 0 aliphatic heterocycles. The molecule has 1 aromatic rings. The van der Waals surface area contributed by atoms with Crippen molar-refractivity contribution >= 4 is 22.0 Å². The summed E-state index contributed by atoms with van der Waals surface area (Å²) in [4.78, 5) is 0. The highest BCUT2D eigenvalue weighted by molar-refractivity contribution is 9.08. The number of halogens is 1. The first-order chi connectivity index (χ1) is 5.36. The number of hydrogen-bond acceptors (Lipinski definition) is 0. The Morgan fingerprint density at radius 3 is 2.36 bits per heavy atom. The number of benzene rings is 1. The fourth-order valence-electron chi connectivity index (χ4n) is 0.910. The van der Waals surface area contributed by atoms with Gasteiger partial charge >= 0.3 is 0 Å². The lowest BCUT2D eigenvalue weighted by molar-refractivity contribution is 1.43. The van der Waals surface area contributed by atoms with E-state index in [4.69, 9.17) is 0 Å². The van der Waals surface area contributed by atoms with Gasteiger partial charge in [-0.25, -0.2) is 0 Å². The van der Waals surface area contributed by atoms with Crippen molar-refractivity contribution in [2.75, 3.05) is 0 Å². The maximum absolute atomic E-state index is 3.40. The van der Waals surface area contributed by atoms with E-state index in [-0.39, 0.29) is 0 Å². The van der Waals surface area contributed by atoms with Crippen molar-refractivity contribution in [3.05, 3.63) is 41.5 Å². The second-order valence-electron chi connectivity index (χ2n) is 2.38. The Morgan fingerprint density at radius 1 is 1.27 bits per heavy atom. The second-order valence-corrected chi connectivity index (χ2v) is 2.94.